The predicted octanol–water partition coefficient (Wildman–Crippen LogP) is 4.79. The summed E-state index contributed by atoms with van der Waals surface area (Å²) in [5.41, 5.74) is 10.0. The van der Waals surface area contributed by atoms with Gasteiger partial charge in [0.1, 0.15) is 11.7 Å². The average Bonchev–Trinajstić information content (AvgIpc) is 3.54. The molecule has 3 aromatic rings. The van der Waals surface area contributed by atoms with Crippen LogP contribution in [0.25, 0.3) is 10.8 Å². The molecule has 0 saturated heterocycles. The Labute approximate surface area is 200 Å². The smallest absolute Gasteiger partial charge is 0.340 e. The maximum Gasteiger partial charge on any atom is 0.340 e. The first-order valence-corrected chi connectivity index (χ1v) is 12.1. The lowest BCUT2D eigenvalue weighted by molar-refractivity contribution is 0.0234. The molecule has 0 unspecified atom stereocenters. The van der Waals surface area contributed by atoms with Crippen LogP contribution in [0.2, 0.25) is 0 Å². The summed E-state index contributed by atoms with van der Waals surface area (Å²) in [7, 11) is 0. The molecule has 2 N–H and O–H groups in total. The lowest BCUT2D eigenvalue weighted by Crippen LogP contribution is -2.32. The predicted molar refractivity (Wildman–Crippen MR) is 130 cm³/mol. The highest BCUT2D eigenvalue weighted by Crippen LogP contribution is 2.42. The number of fused-ring (bicyclic) bond motifs is 2. The van der Waals surface area contributed by atoms with Gasteiger partial charge in [0.15, 0.2) is 0 Å². The molecule has 5 rings (SSSR count). The number of hydrogen-bond donors (Lipinski definition) is 1. The van der Waals surface area contributed by atoms with Crippen LogP contribution in [-0.4, -0.2) is 32.6 Å². The minimum atomic E-state index is -0.526. The number of esters is 1. The number of ether oxygens (including phenoxy) is 2. The topological polar surface area (TPSA) is 100 Å². The Morgan fingerprint density at radius 1 is 1.18 bits per heavy atom. The molecule has 1 saturated carbocycles. The first kappa shape index (κ1) is 22.7. The lowest BCUT2D eigenvalue weighted by Gasteiger charge is -2.27. The highest BCUT2D eigenvalue weighted by Gasteiger charge is 2.41. The van der Waals surface area contributed by atoms with E-state index in [1.807, 2.05) is 45.3 Å². The van der Waals surface area contributed by atoms with Crippen molar-refractivity contribution in [2.45, 2.75) is 83.5 Å². The monoisotopic (exact) mass is 460 g/mol. The summed E-state index contributed by atoms with van der Waals surface area (Å²) in [6, 6.07) is 5.77. The minimum absolute atomic E-state index is 0.0425. The zero-order valence-corrected chi connectivity index (χ0v) is 20.5. The van der Waals surface area contributed by atoms with Crippen LogP contribution >= 0.6 is 0 Å². The van der Waals surface area contributed by atoms with Crippen LogP contribution in [0.1, 0.15) is 92.8 Å². The van der Waals surface area contributed by atoms with Gasteiger partial charge < -0.3 is 15.2 Å². The Hall–Kier alpha value is -3.06. The van der Waals surface area contributed by atoms with Gasteiger partial charge in [-0.3, -0.25) is 9.97 Å². The van der Waals surface area contributed by atoms with Crippen molar-refractivity contribution in [3.05, 3.63) is 58.8 Å². The Kier molecular flexibility index (Phi) is 5.35. The van der Waals surface area contributed by atoms with E-state index in [9.17, 15) is 4.79 Å². The van der Waals surface area contributed by atoms with Crippen LogP contribution in [0.15, 0.2) is 30.6 Å². The van der Waals surface area contributed by atoms with E-state index in [2.05, 4.69) is 24.9 Å². The van der Waals surface area contributed by atoms with Crippen molar-refractivity contribution in [1.82, 2.24) is 15.0 Å². The van der Waals surface area contributed by atoms with Crippen LogP contribution < -0.4 is 10.5 Å². The number of nitrogens with two attached hydrogens (primary N) is 1. The van der Waals surface area contributed by atoms with Gasteiger partial charge in [0.2, 0.25) is 5.88 Å². The second-order valence-corrected chi connectivity index (χ2v) is 10.3. The van der Waals surface area contributed by atoms with Crippen molar-refractivity contribution in [3.8, 4) is 5.88 Å². The molecule has 2 aliphatic rings. The Morgan fingerprint density at radius 2 is 1.94 bits per heavy atom. The largest absolute Gasteiger partial charge is 0.471 e. The van der Waals surface area contributed by atoms with Gasteiger partial charge in [-0.2, -0.15) is 0 Å². The molecule has 1 aliphatic carbocycles. The molecule has 3 atom stereocenters. The first-order chi connectivity index (χ1) is 16.1. The molecule has 0 bridgehead atoms. The minimum Gasteiger partial charge on any atom is -0.471 e. The first-order valence-electron chi connectivity index (χ1n) is 12.1. The molecule has 178 valence electrons. The molecule has 1 aliphatic heterocycles. The van der Waals surface area contributed by atoms with Crippen LogP contribution in [-0.2, 0) is 16.7 Å². The quantitative estimate of drug-likeness (QED) is 0.528. The summed E-state index contributed by atoms with van der Waals surface area (Å²) < 4.78 is 11.6. The third-order valence-electron chi connectivity index (χ3n) is 7.43. The normalized spacial score (nSPS) is 22.6. The van der Waals surface area contributed by atoms with Crippen LogP contribution in [0.4, 0.5) is 0 Å². The van der Waals surface area contributed by atoms with Gasteiger partial charge in [-0.25, -0.2) is 9.78 Å². The van der Waals surface area contributed by atoms with Gasteiger partial charge in [-0.1, -0.05) is 13.8 Å². The Bertz CT molecular complexity index is 1280. The third-order valence-corrected chi connectivity index (χ3v) is 7.43. The van der Waals surface area contributed by atoms with E-state index in [0.717, 1.165) is 52.7 Å². The van der Waals surface area contributed by atoms with Crippen molar-refractivity contribution < 1.29 is 14.3 Å². The van der Waals surface area contributed by atoms with E-state index in [0.29, 0.717) is 17.9 Å². The number of aromatic nitrogens is 3. The number of pyridine rings is 3. The molecule has 1 fully saturated rings. The molecule has 0 amide bonds. The second-order valence-electron chi connectivity index (χ2n) is 10.3. The highest BCUT2D eigenvalue weighted by molar-refractivity contribution is 5.92. The average molecular weight is 461 g/mol. The highest BCUT2D eigenvalue weighted by atomic mass is 16.5. The molecule has 3 aromatic heterocycles. The van der Waals surface area contributed by atoms with E-state index >= 15 is 0 Å². The van der Waals surface area contributed by atoms with Crippen molar-refractivity contribution >= 4 is 16.7 Å². The number of rotatable bonds is 6. The van der Waals surface area contributed by atoms with Gasteiger partial charge in [0.05, 0.1) is 16.6 Å². The molecule has 34 heavy (non-hydrogen) atoms. The van der Waals surface area contributed by atoms with Gasteiger partial charge in [-0.05, 0) is 69.2 Å². The number of hydrogen-bond acceptors (Lipinski definition) is 7. The number of carbonyl (C=O) groups excluding carboxylic acids is 1. The van der Waals surface area contributed by atoms with Crippen LogP contribution in [0.5, 0.6) is 5.88 Å². The molecule has 7 nitrogen and oxygen atoms in total. The standard InChI is InChI=1S/C27H32N4O3/c1-6-27(5,28)22-14-30-24(34-26(4)9-10-26)21-13-29-18(12-20(21)22)11-17-7-8-19-23(31-17)15(2)16(3)33-25(19)32/h7-8,12-16H,6,9-11,28H2,1-5H3/t15-,16+,27-/m0/s1. The van der Waals surface area contributed by atoms with Crippen molar-refractivity contribution in [1.29, 1.82) is 0 Å². The summed E-state index contributed by atoms with van der Waals surface area (Å²) in [6.07, 6.45) is 6.88. The number of carbonyl (C=O) groups is 1. The van der Waals surface area contributed by atoms with Crippen molar-refractivity contribution in [2.75, 3.05) is 0 Å². The van der Waals surface area contributed by atoms with Crippen molar-refractivity contribution in [2.24, 2.45) is 5.73 Å². The maximum absolute atomic E-state index is 12.2. The molecule has 0 radical (unpaired) electrons. The summed E-state index contributed by atoms with van der Waals surface area (Å²) in [6.45, 7) is 10.1. The van der Waals surface area contributed by atoms with Crippen LogP contribution in [0, 0.1) is 0 Å². The van der Waals surface area contributed by atoms with E-state index < -0.39 is 5.54 Å². The molecule has 4 heterocycles. The van der Waals surface area contributed by atoms with Gasteiger partial charge in [0.25, 0.3) is 0 Å². The fourth-order valence-electron chi connectivity index (χ4n) is 4.37. The zero-order chi connectivity index (χ0) is 24.3. The molecule has 7 heteroatoms. The van der Waals surface area contributed by atoms with E-state index in [1.54, 1.807) is 0 Å². The number of nitrogens with zero attached hydrogens (tertiary/aromatic N) is 3. The molecular formula is C27H32N4O3. The second kappa shape index (κ2) is 8.01. The van der Waals surface area contributed by atoms with Crippen LogP contribution in [0.3, 0.4) is 0 Å². The van der Waals surface area contributed by atoms with Gasteiger partial charge >= 0.3 is 5.97 Å². The fraction of sp³-hybridized carbons (Fsp3) is 0.481. The molecule has 0 aromatic carbocycles. The zero-order valence-electron chi connectivity index (χ0n) is 20.5. The van der Waals surface area contributed by atoms with E-state index in [4.69, 9.17) is 25.2 Å². The summed E-state index contributed by atoms with van der Waals surface area (Å²) in [5, 5.41) is 1.89. The van der Waals surface area contributed by atoms with Crippen molar-refractivity contribution in [3.63, 3.8) is 0 Å². The Morgan fingerprint density at radius 3 is 2.65 bits per heavy atom. The van der Waals surface area contributed by atoms with E-state index in [1.165, 1.54) is 0 Å². The summed E-state index contributed by atoms with van der Waals surface area (Å²) in [5.74, 6) is 0.345. The molecule has 0 spiro atoms. The lowest BCUT2D eigenvalue weighted by atomic mass is 9.88. The molecular weight excluding hydrogens is 428 g/mol. The SMILES string of the molecule is CC[C@](C)(N)c1cnc(OC2(C)CC2)c2cnc(Cc3ccc4c(n3)[C@@H](C)[C@@H](C)OC4=O)cc12. The van der Waals surface area contributed by atoms with E-state index in [-0.39, 0.29) is 23.6 Å². The fourth-order valence-corrected chi connectivity index (χ4v) is 4.37. The maximum atomic E-state index is 12.2. The summed E-state index contributed by atoms with van der Waals surface area (Å²) >= 11 is 0. The van der Waals surface area contributed by atoms with Gasteiger partial charge in [-0.15, -0.1) is 0 Å². The van der Waals surface area contributed by atoms with Gasteiger partial charge in [0, 0.05) is 41.7 Å². The summed E-state index contributed by atoms with van der Waals surface area (Å²) in [4.78, 5) is 26.4. The number of cyclic esters (lactones) is 1. The third kappa shape index (κ3) is 4.02. The Balaban J connectivity index is 1.55.